The number of unbranched alkanes of at least 4 members (excludes halogenated alkanes) is 1. The van der Waals surface area contributed by atoms with Crippen LogP contribution in [-0.2, 0) is 14.3 Å². The fraction of sp³-hybridized carbons (Fsp3) is 0.973. The largest absolute Gasteiger partial charge is 0.469 e. The number of carbonyl (C=O) groups is 1. The molecule has 4 saturated carbocycles. The van der Waals surface area contributed by atoms with Gasteiger partial charge in [0.1, 0.15) is 0 Å². The summed E-state index contributed by atoms with van der Waals surface area (Å²) in [5, 5.41) is 11.1. The molecule has 0 saturated heterocycles. The summed E-state index contributed by atoms with van der Waals surface area (Å²) in [4.78, 5) is 11.8. The van der Waals surface area contributed by atoms with Gasteiger partial charge in [0, 0.05) is 26.7 Å². The van der Waals surface area contributed by atoms with Gasteiger partial charge in [0.25, 0.3) is 0 Å². The molecule has 7 nitrogen and oxygen atoms in total. The van der Waals surface area contributed by atoms with Crippen LogP contribution in [0, 0.1) is 46.3 Å². The summed E-state index contributed by atoms with van der Waals surface area (Å²) in [6, 6.07) is 0.726. The molecular formula is C37H72N4O3. The molecule has 0 spiro atoms. The number of esters is 1. The van der Waals surface area contributed by atoms with E-state index in [1.54, 1.807) is 14.2 Å². The maximum absolute atomic E-state index is 11.8. The third-order valence-electron chi connectivity index (χ3n) is 12.9. The van der Waals surface area contributed by atoms with Crippen LogP contribution >= 0.6 is 0 Å². The van der Waals surface area contributed by atoms with E-state index in [-0.39, 0.29) is 5.97 Å². The number of rotatable bonds is 17. The van der Waals surface area contributed by atoms with Crippen LogP contribution in [0.3, 0.4) is 0 Å². The smallest absolute Gasteiger partial charge is 0.305 e. The Bertz CT molecular complexity index is 814. The predicted octanol–water partition coefficient (Wildman–Crippen LogP) is 6.15. The average molecular weight is 621 g/mol. The van der Waals surface area contributed by atoms with E-state index in [1.165, 1.54) is 84.2 Å². The first-order valence-electron chi connectivity index (χ1n) is 18.6. The van der Waals surface area contributed by atoms with Gasteiger partial charge in [-0.3, -0.25) is 4.79 Å². The third-order valence-corrected chi connectivity index (χ3v) is 12.9. The van der Waals surface area contributed by atoms with Gasteiger partial charge >= 0.3 is 5.97 Å². The quantitative estimate of drug-likeness (QED) is 0.114. The highest BCUT2D eigenvalue weighted by atomic mass is 16.5. The lowest BCUT2D eigenvalue weighted by atomic mass is 9.44. The number of hydrogen-bond acceptors (Lipinski definition) is 7. The van der Waals surface area contributed by atoms with E-state index in [0.29, 0.717) is 23.2 Å². The van der Waals surface area contributed by atoms with Crippen LogP contribution in [0.25, 0.3) is 0 Å². The molecule has 4 aliphatic rings. The summed E-state index contributed by atoms with van der Waals surface area (Å²) >= 11 is 0. The predicted molar refractivity (Wildman–Crippen MR) is 184 cm³/mol. The molecule has 0 radical (unpaired) electrons. The number of nitrogens with two attached hydrogens (primary N) is 1. The Morgan fingerprint density at radius 1 is 0.818 bits per heavy atom. The molecule has 4 fully saturated rings. The Morgan fingerprint density at radius 3 is 2.14 bits per heavy atom. The fourth-order valence-corrected chi connectivity index (χ4v) is 10.6. The average Bonchev–Trinajstić information content (AvgIpc) is 3.38. The summed E-state index contributed by atoms with van der Waals surface area (Å²) in [7, 11) is 4.77. The topological polar surface area (TPSA) is 97.6 Å². The number of carbonyl (C=O) groups excluding carboxylic acids is 1. The van der Waals surface area contributed by atoms with Gasteiger partial charge in [-0.1, -0.05) is 20.8 Å². The molecule has 4 rings (SSSR count). The Kier molecular flexibility index (Phi) is 16.4. The highest BCUT2D eigenvalue weighted by molar-refractivity contribution is 5.69. The molecule has 9 atom stereocenters. The van der Waals surface area contributed by atoms with E-state index in [9.17, 15) is 4.79 Å². The normalized spacial score (nSPS) is 35.1. The summed E-state index contributed by atoms with van der Waals surface area (Å²) in [5.41, 5.74) is 6.57. The van der Waals surface area contributed by atoms with Crippen LogP contribution in [-0.4, -0.2) is 72.6 Å². The van der Waals surface area contributed by atoms with E-state index in [0.717, 1.165) is 87.7 Å². The van der Waals surface area contributed by atoms with Crippen molar-refractivity contribution >= 4 is 5.97 Å². The van der Waals surface area contributed by atoms with E-state index in [2.05, 4.69) is 41.5 Å². The van der Waals surface area contributed by atoms with Gasteiger partial charge in [-0.05, 0) is 175 Å². The first kappa shape index (κ1) is 37.7. The van der Waals surface area contributed by atoms with Gasteiger partial charge in [-0.15, -0.1) is 0 Å². The molecular weight excluding hydrogens is 548 g/mol. The number of fused-ring (bicyclic) bond motifs is 5. The Labute approximate surface area is 271 Å². The van der Waals surface area contributed by atoms with Crippen molar-refractivity contribution in [3.05, 3.63) is 0 Å². The lowest BCUT2D eigenvalue weighted by Gasteiger charge is -2.61. The highest BCUT2D eigenvalue weighted by Gasteiger charge is 2.60. The molecule has 5 unspecified atom stereocenters. The van der Waals surface area contributed by atoms with E-state index in [4.69, 9.17) is 10.5 Å². The van der Waals surface area contributed by atoms with Crippen LogP contribution in [0.15, 0.2) is 0 Å². The Balaban J connectivity index is 0.00000169. The monoisotopic (exact) mass is 621 g/mol. The van der Waals surface area contributed by atoms with Crippen molar-refractivity contribution in [2.45, 2.75) is 123 Å². The van der Waals surface area contributed by atoms with Crippen LogP contribution in [0.4, 0.5) is 0 Å². The lowest BCUT2D eigenvalue weighted by Crippen LogP contribution is -2.55. The number of nitrogens with one attached hydrogen (secondary N) is 3. The molecule has 44 heavy (non-hydrogen) atoms. The standard InChI is InChI=1S/C35H66N4O2.C2H6O/c1-26(9-14-33(40)41-4)30-12-13-31-29-11-10-27-25-28(15-17-34(27,2)32(29)16-18-35(30,31)3)39-24-8-23-38-21-6-5-20-37-22-7-19-36;1-3-2/h26-32,37-39H,5-25,36H2,1-4H3;1-2H3/t26?,27-,28-,29?,30?,31?,32?,34+,35-;/m1./s1. The molecule has 0 heterocycles. The number of ether oxygens (including phenoxy) is 2. The zero-order chi connectivity index (χ0) is 32.0. The summed E-state index contributed by atoms with van der Waals surface area (Å²) in [6.07, 6.45) is 19.2. The molecule has 0 aromatic carbocycles. The fourth-order valence-electron chi connectivity index (χ4n) is 10.6. The van der Waals surface area contributed by atoms with Crippen LogP contribution in [0.5, 0.6) is 0 Å². The number of hydrogen-bond donors (Lipinski definition) is 4. The maximum Gasteiger partial charge on any atom is 0.305 e. The molecule has 0 amide bonds. The van der Waals surface area contributed by atoms with Gasteiger partial charge in [0.15, 0.2) is 0 Å². The maximum atomic E-state index is 11.8. The van der Waals surface area contributed by atoms with Gasteiger partial charge in [-0.2, -0.15) is 0 Å². The van der Waals surface area contributed by atoms with Crippen molar-refractivity contribution in [3.8, 4) is 0 Å². The molecule has 0 aromatic heterocycles. The minimum Gasteiger partial charge on any atom is -0.469 e. The van der Waals surface area contributed by atoms with E-state index in [1.807, 2.05) is 0 Å². The van der Waals surface area contributed by atoms with Gasteiger partial charge < -0.3 is 31.2 Å². The first-order chi connectivity index (χ1) is 21.2. The summed E-state index contributed by atoms with van der Waals surface area (Å²) < 4.78 is 9.19. The second-order valence-electron chi connectivity index (χ2n) is 15.5. The van der Waals surface area contributed by atoms with E-state index < -0.39 is 0 Å². The van der Waals surface area contributed by atoms with Gasteiger partial charge in [0.05, 0.1) is 7.11 Å². The Hall–Kier alpha value is -0.730. The minimum atomic E-state index is -0.0398. The molecule has 0 bridgehead atoms. The van der Waals surface area contributed by atoms with Crippen LogP contribution in [0.1, 0.15) is 117 Å². The van der Waals surface area contributed by atoms with Crippen molar-refractivity contribution in [1.29, 1.82) is 0 Å². The minimum absolute atomic E-state index is 0.0398. The van der Waals surface area contributed by atoms with Crippen molar-refractivity contribution in [1.82, 2.24) is 16.0 Å². The Morgan fingerprint density at radius 2 is 1.45 bits per heavy atom. The van der Waals surface area contributed by atoms with E-state index >= 15 is 0 Å². The summed E-state index contributed by atoms with van der Waals surface area (Å²) in [5.74, 6) is 5.05. The van der Waals surface area contributed by atoms with Crippen molar-refractivity contribution in [2.24, 2.45) is 52.1 Å². The second-order valence-corrected chi connectivity index (χ2v) is 15.5. The van der Waals surface area contributed by atoms with Crippen LogP contribution in [0.2, 0.25) is 0 Å². The molecule has 0 aliphatic heterocycles. The zero-order valence-corrected chi connectivity index (χ0v) is 29.7. The SMILES string of the molecule is COC.COC(=O)CCC(C)C1CCC2C3CC[C@@H]4C[C@H](NCCCNCCCCNCCCN)CC[C@]4(C)C3CC[C@]12C. The second kappa shape index (κ2) is 19.2. The zero-order valence-electron chi connectivity index (χ0n) is 29.7. The van der Waals surface area contributed by atoms with Crippen molar-refractivity contribution < 1.29 is 14.3 Å². The molecule has 4 aliphatic carbocycles. The molecule has 7 heteroatoms. The molecule has 0 aromatic rings. The number of methoxy groups -OCH3 is 2. The van der Waals surface area contributed by atoms with Gasteiger partial charge in [0.2, 0.25) is 0 Å². The highest BCUT2D eigenvalue weighted by Crippen LogP contribution is 2.68. The van der Waals surface area contributed by atoms with Crippen LogP contribution < -0.4 is 21.7 Å². The third kappa shape index (κ3) is 9.89. The molecule has 258 valence electrons. The summed E-state index contributed by atoms with van der Waals surface area (Å²) in [6.45, 7) is 14.1. The molecule has 5 N–H and O–H groups in total. The van der Waals surface area contributed by atoms with Crippen molar-refractivity contribution in [3.63, 3.8) is 0 Å². The first-order valence-corrected chi connectivity index (χ1v) is 18.6. The van der Waals surface area contributed by atoms with Crippen molar-refractivity contribution in [2.75, 3.05) is 60.6 Å². The van der Waals surface area contributed by atoms with Gasteiger partial charge in [-0.25, -0.2) is 0 Å². The lowest BCUT2D eigenvalue weighted by molar-refractivity contribution is -0.141.